The molecule has 1 aliphatic carbocycles. The first-order valence-corrected chi connectivity index (χ1v) is 8.90. The van der Waals surface area contributed by atoms with Gasteiger partial charge in [-0.2, -0.15) is 0 Å². The van der Waals surface area contributed by atoms with Crippen LogP contribution in [0.15, 0.2) is 45.6 Å². The molecule has 1 saturated heterocycles. The number of hydrogen-bond donors (Lipinski definition) is 6. The number of rotatable bonds is 3. The zero-order valence-corrected chi connectivity index (χ0v) is 15.3. The molecule has 10 heteroatoms. The molecule has 0 bridgehead atoms. The Hall–Kier alpha value is -3.31. The van der Waals surface area contributed by atoms with E-state index in [0.29, 0.717) is 0 Å². The second-order valence-electron chi connectivity index (χ2n) is 6.87. The number of phenolic OH excluding ortho intramolecular Hbond substituents is 3. The van der Waals surface area contributed by atoms with Gasteiger partial charge in [-0.05, 0) is 24.3 Å². The lowest BCUT2D eigenvalue weighted by molar-refractivity contribution is -0.242. The zero-order chi connectivity index (χ0) is 21.6. The lowest BCUT2D eigenvalue weighted by Crippen LogP contribution is -2.54. The van der Waals surface area contributed by atoms with Gasteiger partial charge in [-0.25, -0.2) is 0 Å². The number of hydrogen-bond acceptors (Lipinski definition) is 10. The fourth-order valence-electron chi connectivity index (χ4n) is 3.14. The van der Waals surface area contributed by atoms with E-state index in [4.69, 9.17) is 13.9 Å². The standard InChI is InChI=1S/C20H18O10/c21-9-4-12(23)10-6-16(30-20-18(27)17(26)14(25)7-28-20)19(29-15(10)5-9)8-1-2-11(22)13(24)3-8/h1-6,14,17-18,20,22-27H,7H2/t14-,17+,18-,20?/m1/s1. The van der Waals surface area contributed by atoms with Crippen molar-refractivity contribution in [3.8, 4) is 45.6 Å². The van der Waals surface area contributed by atoms with Gasteiger partial charge in [-0.15, -0.1) is 0 Å². The summed E-state index contributed by atoms with van der Waals surface area (Å²) in [5.41, 5.74) is -0.133. The number of fused-ring (bicyclic) bond motifs is 1. The highest BCUT2D eigenvalue weighted by Crippen LogP contribution is 2.42. The predicted octanol–water partition coefficient (Wildman–Crippen LogP) is 0.346. The molecule has 10 nitrogen and oxygen atoms in total. The average molecular weight is 418 g/mol. The highest BCUT2D eigenvalue weighted by atomic mass is 16.7. The number of aromatic hydroxyl groups is 3. The number of phenols is 3. The Morgan fingerprint density at radius 2 is 1.67 bits per heavy atom. The van der Waals surface area contributed by atoms with Gasteiger partial charge in [-0.1, -0.05) is 0 Å². The van der Waals surface area contributed by atoms with Gasteiger partial charge in [0.15, 0.2) is 28.4 Å². The van der Waals surface area contributed by atoms with Crippen LogP contribution in [-0.4, -0.2) is 61.8 Å². The van der Waals surface area contributed by atoms with Crippen molar-refractivity contribution in [2.45, 2.75) is 24.6 Å². The highest BCUT2D eigenvalue weighted by Gasteiger charge is 2.39. The Kier molecular flexibility index (Phi) is 5.00. The fraction of sp³-hybridized carbons (Fsp3) is 0.250. The minimum atomic E-state index is -1.59. The van der Waals surface area contributed by atoms with Gasteiger partial charge in [0.25, 0.3) is 0 Å². The predicted molar refractivity (Wildman–Crippen MR) is 100 cm³/mol. The summed E-state index contributed by atoms with van der Waals surface area (Å²) < 4.78 is 16.6. The van der Waals surface area contributed by atoms with E-state index in [1.54, 1.807) is 0 Å². The molecule has 1 unspecified atom stereocenters. The van der Waals surface area contributed by atoms with Crippen LogP contribution in [0.4, 0.5) is 0 Å². The van der Waals surface area contributed by atoms with Crippen LogP contribution in [0.2, 0.25) is 0 Å². The molecule has 6 N–H and O–H groups in total. The Morgan fingerprint density at radius 3 is 2.40 bits per heavy atom. The van der Waals surface area contributed by atoms with Crippen LogP contribution >= 0.6 is 0 Å². The average Bonchev–Trinajstić information content (AvgIpc) is 2.70. The monoisotopic (exact) mass is 418 g/mol. The largest absolute Gasteiger partial charge is 0.507 e. The molecule has 0 radical (unpaired) electrons. The van der Waals surface area contributed by atoms with Crippen molar-refractivity contribution in [2.24, 2.45) is 0 Å². The molecule has 0 amide bonds. The molecule has 158 valence electrons. The molecular weight excluding hydrogens is 400 g/mol. The van der Waals surface area contributed by atoms with Crippen molar-refractivity contribution >= 4 is 0 Å². The van der Waals surface area contributed by atoms with E-state index in [0.717, 1.165) is 12.1 Å². The first-order chi connectivity index (χ1) is 14.2. The van der Waals surface area contributed by atoms with Crippen molar-refractivity contribution in [1.29, 1.82) is 0 Å². The van der Waals surface area contributed by atoms with E-state index in [-0.39, 0.29) is 46.5 Å². The first-order valence-electron chi connectivity index (χ1n) is 8.90. The van der Waals surface area contributed by atoms with Gasteiger partial charge in [0.2, 0.25) is 6.29 Å². The Bertz CT molecular complexity index is 1110. The van der Waals surface area contributed by atoms with E-state index in [1.165, 1.54) is 24.3 Å². The molecule has 0 saturated carbocycles. The third-order valence-electron chi connectivity index (χ3n) is 4.74. The Labute approximate surface area is 168 Å². The van der Waals surface area contributed by atoms with Gasteiger partial charge < -0.3 is 44.5 Å². The third kappa shape index (κ3) is 3.53. The summed E-state index contributed by atoms with van der Waals surface area (Å²) in [6.45, 7) is -0.298. The van der Waals surface area contributed by atoms with Crippen molar-refractivity contribution in [1.82, 2.24) is 0 Å². The summed E-state index contributed by atoms with van der Waals surface area (Å²) >= 11 is 0. The zero-order valence-electron chi connectivity index (χ0n) is 15.3. The number of aliphatic hydroxyl groups is 3. The summed E-state index contributed by atoms with van der Waals surface area (Å²) in [6.07, 6.45) is -5.79. The topological polar surface area (TPSA) is 170 Å². The van der Waals surface area contributed by atoms with Gasteiger partial charge in [0.1, 0.15) is 29.8 Å². The molecule has 30 heavy (non-hydrogen) atoms. The molecule has 3 aliphatic rings. The molecule has 2 heterocycles. The van der Waals surface area contributed by atoms with Crippen LogP contribution in [0.25, 0.3) is 22.6 Å². The lowest BCUT2D eigenvalue weighted by atomic mass is 10.0. The molecule has 1 aromatic rings. The highest BCUT2D eigenvalue weighted by molar-refractivity contribution is 5.75. The molecule has 0 aromatic heterocycles. The van der Waals surface area contributed by atoms with Crippen molar-refractivity contribution in [3.05, 3.63) is 46.6 Å². The fourth-order valence-corrected chi connectivity index (χ4v) is 3.14. The van der Waals surface area contributed by atoms with Gasteiger partial charge in [0, 0.05) is 17.7 Å². The maximum Gasteiger partial charge on any atom is 0.229 e. The first kappa shape index (κ1) is 20.0. The van der Waals surface area contributed by atoms with E-state index < -0.39 is 35.8 Å². The van der Waals surface area contributed by atoms with Crippen molar-refractivity contribution in [2.75, 3.05) is 6.61 Å². The SMILES string of the molecule is O=c1cc2oc(-c3ccc(O)c(O)c3)c(OC3OC[C@@H](O)[C@H](O)[C@H]3O)cc-2c(O)c1. The summed E-state index contributed by atoms with van der Waals surface area (Å²) in [4.78, 5) is 11.7. The summed E-state index contributed by atoms with van der Waals surface area (Å²) in [5.74, 6) is -1.23. The van der Waals surface area contributed by atoms with Crippen molar-refractivity contribution < 1.29 is 44.5 Å². The Balaban J connectivity index is 1.85. The van der Waals surface area contributed by atoms with Crippen LogP contribution in [0.3, 0.4) is 0 Å². The van der Waals surface area contributed by atoms with Gasteiger partial charge in [-0.3, -0.25) is 4.79 Å². The molecule has 1 aromatic carbocycles. The van der Waals surface area contributed by atoms with Gasteiger partial charge in [0.05, 0.1) is 12.2 Å². The number of ether oxygens (including phenoxy) is 2. The lowest BCUT2D eigenvalue weighted by Gasteiger charge is -2.35. The minimum absolute atomic E-state index is 0.0146. The maximum atomic E-state index is 11.7. The molecular formula is C20H18O10. The minimum Gasteiger partial charge on any atom is -0.507 e. The van der Waals surface area contributed by atoms with Crippen LogP contribution in [0.1, 0.15) is 0 Å². The summed E-state index contributed by atoms with van der Waals surface area (Å²) in [6, 6.07) is 7.27. The molecule has 2 aliphatic heterocycles. The Morgan fingerprint density at radius 1 is 0.900 bits per heavy atom. The summed E-state index contributed by atoms with van der Waals surface area (Å²) in [7, 11) is 0. The van der Waals surface area contributed by atoms with Crippen molar-refractivity contribution in [3.63, 3.8) is 0 Å². The molecule has 4 atom stereocenters. The van der Waals surface area contributed by atoms with Gasteiger partial charge >= 0.3 is 0 Å². The maximum absolute atomic E-state index is 11.7. The number of aliphatic hydroxyl groups excluding tert-OH is 3. The summed E-state index contributed by atoms with van der Waals surface area (Å²) in [5, 5.41) is 59.1. The molecule has 4 rings (SSSR count). The number of benzene rings is 2. The molecule has 0 spiro atoms. The van der Waals surface area contributed by atoms with Crippen LogP contribution in [0, 0.1) is 0 Å². The van der Waals surface area contributed by atoms with E-state index in [2.05, 4.69) is 0 Å². The smallest absolute Gasteiger partial charge is 0.229 e. The third-order valence-corrected chi connectivity index (χ3v) is 4.74. The van der Waals surface area contributed by atoms with Crippen LogP contribution in [0.5, 0.6) is 23.0 Å². The second kappa shape index (κ2) is 7.50. The van der Waals surface area contributed by atoms with Crippen LogP contribution < -0.4 is 10.2 Å². The second-order valence-corrected chi connectivity index (χ2v) is 6.87. The van der Waals surface area contributed by atoms with Crippen LogP contribution in [-0.2, 0) is 4.74 Å². The normalized spacial score (nSPS) is 24.1. The van der Waals surface area contributed by atoms with E-state index in [9.17, 15) is 35.4 Å². The van der Waals surface area contributed by atoms with E-state index >= 15 is 0 Å². The van der Waals surface area contributed by atoms with E-state index in [1.807, 2.05) is 0 Å². The molecule has 1 fully saturated rings. The quantitative estimate of drug-likeness (QED) is 0.326.